The van der Waals surface area contributed by atoms with E-state index in [0.717, 1.165) is 31.2 Å². The fourth-order valence-electron chi connectivity index (χ4n) is 2.22. The molecule has 1 aliphatic carbocycles. The average Bonchev–Trinajstić information content (AvgIpc) is 2.51. The molecule has 1 N–H and O–H groups in total. The van der Waals surface area contributed by atoms with Crippen LogP contribution in [0.15, 0.2) is 12.4 Å². The fraction of sp³-hybridized carbons (Fsp3) is 0.727. The molecule has 3 heteroatoms. The van der Waals surface area contributed by atoms with Crippen molar-refractivity contribution in [1.29, 1.82) is 0 Å². The maximum absolute atomic E-state index is 10.3. The number of hydrogen-bond acceptors (Lipinski definition) is 2. The summed E-state index contributed by atoms with van der Waals surface area (Å²) < 4.78 is 1.86. The Bertz CT molecular complexity index is 300. The van der Waals surface area contributed by atoms with E-state index in [1.54, 1.807) is 0 Å². The molecule has 2 rings (SSSR count). The second-order valence-electron chi connectivity index (χ2n) is 4.50. The Morgan fingerprint density at radius 1 is 1.43 bits per heavy atom. The lowest BCUT2D eigenvalue weighted by Gasteiger charge is -2.31. The van der Waals surface area contributed by atoms with Crippen LogP contribution in [0.2, 0.25) is 0 Å². The summed E-state index contributed by atoms with van der Waals surface area (Å²) in [6, 6.07) is 0. The molecular weight excluding hydrogens is 176 g/mol. The summed E-state index contributed by atoms with van der Waals surface area (Å²) in [6.07, 6.45) is 9.24. The molecule has 0 unspecified atom stereocenters. The molecule has 78 valence electrons. The van der Waals surface area contributed by atoms with Crippen LogP contribution in [0.3, 0.4) is 0 Å². The van der Waals surface area contributed by atoms with Gasteiger partial charge in [-0.1, -0.05) is 19.3 Å². The number of hydrogen-bond donors (Lipinski definition) is 1. The van der Waals surface area contributed by atoms with Crippen LogP contribution in [-0.2, 0) is 6.54 Å². The van der Waals surface area contributed by atoms with Gasteiger partial charge in [0.25, 0.3) is 0 Å². The molecule has 1 heterocycles. The number of rotatable bonds is 2. The van der Waals surface area contributed by atoms with Gasteiger partial charge in [0.05, 0.1) is 18.3 Å². The SMILES string of the molecule is Cc1cnn(CC2(O)CCCCC2)c1. The maximum atomic E-state index is 10.3. The first-order chi connectivity index (χ1) is 6.68. The fourth-order valence-corrected chi connectivity index (χ4v) is 2.22. The number of aromatic nitrogens is 2. The van der Waals surface area contributed by atoms with Crippen molar-refractivity contribution in [2.75, 3.05) is 0 Å². The maximum Gasteiger partial charge on any atom is 0.0842 e. The third-order valence-electron chi connectivity index (χ3n) is 3.00. The lowest BCUT2D eigenvalue weighted by Crippen LogP contribution is -2.36. The Kier molecular flexibility index (Phi) is 2.59. The van der Waals surface area contributed by atoms with Crippen molar-refractivity contribution >= 4 is 0 Å². The molecule has 1 aliphatic rings. The van der Waals surface area contributed by atoms with Crippen molar-refractivity contribution < 1.29 is 5.11 Å². The number of aryl methyl sites for hydroxylation is 1. The van der Waals surface area contributed by atoms with Gasteiger partial charge in [-0.25, -0.2) is 0 Å². The molecule has 0 saturated heterocycles. The Morgan fingerprint density at radius 2 is 2.14 bits per heavy atom. The van der Waals surface area contributed by atoms with E-state index in [1.807, 2.05) is 24.0 Å². The van der Waals surface area contributed by atoms with Crippen LogP contribution in [-0.4, -0.2) is 20.5 Å². The van der Waals surface area contributed by atoms with Crippen LogP contribution >= 0.6 is 0 Å². The molecule has 1 saturated carbocycles. The average molecular weight is 194 g/mol. The van der Waals surface area contributed by atoms with Gasteiger partial charge in [-0.05, 0) is 25.3 Å². The minimum atomic E-state index is -0.503. The quantitative estimate of drug-likeness (QED) is 0.780. The summed E-state index contributed by atoms with van der Waals surface area (Å²) in [6.45, 7) is 2.68. The Balaban J connectivity index is 2.01. The highest BCUT2D eigenvalue weighted by molar-refractivity contribution is 5.00. The molecule has 0 aromatic carbocycles. The summed E-state index contributed by atoms with van der Waals surface area (Å²) in [4.78, 5) is 0. The molecule has 1 fully saturated rings. The first-order valence-corrected chi connectivity index (χ1v) is 5.39. The lowest BCUT2D eigenvalue weighted by molar-refractivity contribution is -0.0142. The van der Waals surface area contributed by atoms with Gasteiger partial charge in [0.1, 0.15) is 0 Å². The highest BCUT2D eigenvalue weighted by Gasteiger charge is 2.29. The zero-order valence-corrected chi connectivity index (χ0v) is 8.74. The first-order valence-electron chi connectivity index (χ1n) is 5.39. The highest BCUT2D eigenvalue weighted by Crippen LogP contribution is 2.29. The Morgan fingerprint density at radius 3 is 2.71 bits per heavy atom. The minimum Gasteiger partial charge on any atom is -0.388 e. The van der Waals surface area contributed by atoms with Crippen LogP contribution in [0.25, 0.3) is 0 Å². The van der Waals surface area contributed by atoms with Crippen molar-refractivity contribution in [2.24, 2.45) is 0 Å². The second kappa shape index (κ2) is 3.73. The van der Waals surface area contributed by atoms with E-state index in [4.69, 9.17) is 0 Å². The highest BCUT2D eigenvalue weighted by atomic mass is 16.3. The lowest BCUT2D eigenvalue weighted by atomic mass is 9.85. The van der Waals surface area contributed by atoms with Gasteiger partial charge in [-0.2, -0.15) is 5.10 Å². The van der Waals surface area contributed by atoms with Gasteiger partial charge in [0.2, 0.25) is 0 Å². The summed E-state index contributed by atoms with van der Waals surface area (Å²) in [5.74, 6) is 0. The van der Waals surface area contributed by atoms with E-state index in [1.165, 1.54) is 6.42 Å². The van der Waals surface area contributed by atoms with Crippen LogP contribution < -0.4 is 0 Å². The molecule has 0 spiro atoms. The third-order valence-corrected chi connectivity index (χ3v) is 3.00. The van der Waals surface area contributed by atoms with E-state index >= 15 is 0 Å². The molecule has 0 aliphatic heterocycles. The Hall–Kier alpha value is -0.830. The van der Waals surface area contributed by atoms with Crippen LogP contribution in [0.4, 0.5) is 0 Å². The van der Waals surface area contributed by atoms with Crippen LogP contribution in [0.1, 0.15) is 37.7 Å². The molecule has 0 amide bonds. The van der Waals surface area contributed by atoms with Crippen molar-refractivity contribution in [2.45, 2.75) is 51.2 Å². The summed E-state index contributed by atoms with van der Waals surface area (Å²) in [5.41, 5.74) is 0.654. The smallest absolute Gasteiger partial charge is 0.0842 e. The summed E-state index contributed by atoms with van der Waals surface area (Å²) >= 11 is 0. The van der Waals surface area contributed by atoms with Crippen molar-refractivity contribution in [1.82, 2.24) is 9.78 Å². The van der Waals surface area contributed by atoms with Gasteiger partial charge in [-0.15, -0.1) is 0 Å². The van der Waals surface area contributed by atoms with E-state index in [9.17, 15) is 5.11 Å². The van der Waals surface area contributed by atoms with Gasteiger partial charge >= 0.3 is 0 Å². The third kappa shape index (κ3) is 2.15. The zero-order valence-electron chi connectivity index (χ0n) is 8.74. The molecule has 3 nitrogen and oxygen atoms in total. The van der Waals surface area contributed by atoms with Gasteiger partial charge in [-0.3, -0.25) is 4.68 Å². The standard InChI is InChI=1S/C11H18N2O/c1-10-7-12-13(8-10)9-11(14)5-3-2-4-6-11/h7-8,14H,2-6,9H2,1H3. The molecule has 0 atom stereocenters. The van der Waals surface area contributed by atoms with E-state index in [2.05, 4.69) is 5.10 Å². The second-order valence-corrected chi connectivity index (χ2v) is 4.50. The van der Waals surface area contributed by atoms with Crippen molar-refractivity contribution in [3.8, 4) is 0 Å². The topological polar surface area (TPSA) is 38.0 Å². The number of nitrogens with zero attached hydrogens (tertiary/aromatic N) is 2. The minimum absolute atomic E-state index is 0.503. The van der Waals surface area contributed by atoms with E-state index < -0.39 is 5.60 Å². The largest absolute Gasteiger partial charge is 0.388 e. The molecule has 14 heavy (non-hydrogen) atoms. The first kappa shape index (κ1) is 9.71. The van der Waals surface area contributed by atoms with Gasteiger partial charge < -0.3 is 5.11 Å². The predicted octanol–water partition coefficient (Wildman–Crippen LogP) is 1.89. The van der Waals surface area contributed by atoms with E-state index in [-0.39, 0.29) is 0 Å². The van der Waals surface area contributed by atoms with Crippen LogP contribution in [0, 0.1) is 6.92 Å². The van der Waals surface area contributed by atoms with Crippen LogP contribution in [0.5, 0.6) is 0 Å². The Labute approximate surface area is 84.7 Å². The molecule has 1 aromatic rings. The molecule has 1 aromatic heterocycles. The summed E-state index contributed by atoms with van der Waals surface area (Å²) in [7, 11) is 0. The van der Waals surface area contributed by atoms with Gasteiger partial charge in [0, 0.05) is 6.20 Å². The normalized spacial score (nSPS) is 21.0. The molecule has 0 bridgehead atoms. The number of aliphatic hydroxyl groups is 1. The van der Waals surface area contributed by atoms with Crippen molar-refractivity contribution in [3.63, 3.8) is 0 Å². The predicted molar refractivity (Wildman–Crippen MR) is 55.0 cm³/mol. The molecule has 0 radical (unpaired) electrons. The molecular formula is C11H18N2O. The van der Waals surface area contributed by atoms with E-state index in [0.29, 0.717) is 6.54 Å². The zero-order chi connectivity index (χ0) is 10.0. The van der Waals surface area contributed by atoms with Crippen molar-refractivity contribution in [3.05, 3.63) is 18.0 Å². The summed E-state index contributed by atoms with van der Waals surface area (Å²) in [5, 5.41) is 14.5. The van der Waals surface area contributed by atoms with Gasteiger partial charge in [0.15, 0.2) is 0 Å². The monoisotopic (exact) mass is 194 g/mol.